The zero-order valence-corrected chi connectivity index (χ0v) is 7.14. The van der Waals surface area contributed by atoms with Gasteiger partial charge in [0.05, 0.1) is 0 Å². The van der Waals surface area contributed by atoms with Gasteiger partial charge < -0.3 is 11.5 Å². The van der Waals surface area contributed by atoms with Gasteiger partial charge in [0.2, 0.25) is 0 Å². The van der Waals surface area contributed by atoms with Crippen LogP contribution in [0, 0.1) is 11.8 Å². The van der Waals surface area contributed by atoms with Crippen molar-refractivity contribution < 1.29 is 0 Å². The van der Waals surface area contributed by atoms with E-state index >= 15 is 0 Å². The second kappa shape index (κ2) is 5.69. The van der Waals surface area contributed by atoms with Gasteiger partial charge in [-0.05, 0) is 31.3 Å². The lowest BCUT2D eigenvalue weighted by molar-refractivity contribution is 0.393. The molecule has 0 aliphatic heterocycles. The molecule has 1 unspecified atom stereocenters. The summed E-state index contributed by atoms with van der Waals surface area (Å²) in [5.41, 5.74) is 11.0. The van der Waals surface area contributed by atoms with Crippen LogP contribution < -0.4 is 11.5 Å². The van der Waals surface area contributed by atoms with Crippen LogP contribution in [0.3, 0.4) is 0 Å². The molecule has 0 fully saturated rings. The lowest BCUT2D eigenvalue weighted by Crippen LogP contribution is -2.20. The van der Waals surface area contributed by atoms with Gasteiger partial charge in [-0.25, -0.2) is 0 Å². The monoisotopic (exact) mass is 144 g/mol. The van der Waals surface area contributed by atoms with E-state index in [1.165, 1.54) is 12.8 Å². The molecule has 0 bridgehead atoms. The summed E-state index contributed by atoms with van der Waals surface area (Å²) in [6.45, 7) is 5.95. The highest BCUT2D eigenvalue weighted by Crippen LogP contribution is 2.12. The van der Waals surface area contributed by atoms with E-state index in [9.17, 15) is 0 Å². The minimum Gasteiger partial charge on any atom is -0.330 e. The largest absolute Gasteiger partial charge is 0.330 e. The second-order valence-corrected chi connectivity index (χ2v) is 3.09. The molecule has 0 amide bonds. The van der Waals surface area contributed by atoms with E-state index < -0.39 is 0 Å². The molecule has 2 nitrogen and oxygen atoms in total. The average molecular weight is 144 g/mol. The summed E-state index contributed by atoms with van der Waals surface area (Å²) < 4.78 is 0. The molecule has 0 aliphatic carbocycles. The summed E-state index contributed by atoms with van der Waals surface area (Å²) in [6.07, 6.45) is 2.37. The molecule has 10 heavy (non-hydrogen) atoms. The molecule has 2 heteroatoms. The first-order valence-electron chi connectivity index (χ1n) is 4.14. The first kappa shape index (κ1) is 9.92. The Morgan fingerprint density at radius 2 is 1.80 bits per heavy atom. The molecular formula is C8H20N2. The van der Waals surface area contributed by atoms with Gasteiger partial charge in [-0.3, -0.25) is 0 Å². The van der Waals surface area contributed by atoms with Gasteiger partial charge in [0, 0.05) is 0 Å². The zero-order chi connectivity index (χ0) is 7.98. The zero-order valence-electron chi connectivity index (χ0n) is 7.14. The molecule has 2 atom stereocenters. The van der Waals surface area contributed by atoms with Gasteiger partial charge in [-0.2, -0.15) is 0 Å². The highest BCUT2D eigenvalue weighted by molar-refractivity contribution is 4.62. The van der Waals surface area contributed by atoms with Crippen LogP contribution in [0.25, 0.3) is 0 Å². The Morgan fingerprint density at radius 3 is 2.10 bits per heavy atom. The minimum absolute atomic E-state index is 0.633. The highest BCUT2D eigenvalue weighted by Gasteiger charge is 2.07. The van der Waals surface area contributed by atoms with Crippen LogP contribution in [-0.2, 0) is 0 Å². The molecule has 0 saturated carbocycles. The fraction of sp³-hybridized carbons (Fsp3) is 1.00. The van der Waals surface area contributed by atoms with Crippen molar-refractivity contribution in [3.8, 4) is 0 Å². The van der Waals surface area contributed by atoms with Crippen LogP contribution in [0.4, 0.5) is 0 Å². The summed E-state index contributed by atoms with van der Waals surface area (Å²) in [6, 6.07) is 0. The number of hydrogen-bond acceptors (Lipinski definition) is 2. The molecule has 0 saturated heterocycles. The molecule has 0 aromatic heterocycles. The van der Waals surface area contributed by atoms with E-state index in [2.05, 4.69) is 13.8 Å². The standard InChI is InChI=1S/C8H20N2/c1-3-8(6-10)4-7(2)5-9/h7-8H,3-6,9-10H2,1-2H3/t7-,8?/m0/s1. The van der Waals surface area contributed by atoms with Crippen LogP contribution >= 0.6 is 0 Å². The normalized spacial score (nSPS) is 16.8. The Kier molecular flexibility index (Phi) is 5.64. The maximum atomic E-state index is 5.55. The third-order valence-corrected chi connectivity index (χ3v) is 2.05. The summed E-state index contributed by atoms with van der Waals surface area (Å²) >= 11 is 0. The number of hydrogen-bond donors (Lipinski definition) is 2. The lowest BCUT2D eigenvalue weighted by Gasteiger charge is -2.15. The molecule has 0 aromatic carbocycles. The van der Waals surface area contributed by atoms with Crippen LogP contribution in [-0.4, -0.2) is 13.1 Å². The van der Waals surface area contributed by atoms with Crippen LogP contribution in [0.2, 0.25) is 0 Å². The Labute approximate surface area is 64.0 Å². The van der Waals surface area contributed by atoms with Crippen molar-refractivity contribution in [2.45, 2.75) is 26.7 Å². The van der Waals surface area contributed by atoms with E-state index in [1.807, 2.05) is 0 Å². The van der Waals surface area contributed by atoms with Crippen molar-refractivity contribution in [3.63, 3.8) is 0 Å². The molecule has 0 spiro atoms. The fourth-order valence-electron chi connectivity index (χ4n) is 1.09. The van der Waals surface area contributed by atoms with Gasteiger partial charge in [-0.1, -0.05) is 20.3 Å². The third-order valence-electron chi connectivity index (χ3n) is 2.05. The summed E-state index contributed by atoms with van der Waals surface area (Å²) in [5.74, 6) is 1.31. The molecule has 0 radical (unpaired) electrons. The molecule has 0 heterocycles. The lowest BCUT2D eigenvalue weighted by atomic mass is 9.94. The second-order valence-electron chi connectivity index (χ2n) is 3.09. The van der Waals surface area contributed by atoms with Crippen LogP contribution in [0.15, 0.2) is 0 Å². The van der Waals surface area contributed by atoms with E-state index in [1.54, 1.807) is 0 Å². The van der Waals surface area contributed by atoms with E-state index in [4.69, 9.17) is 11.5 Å². The van der Waals surface area contributed by atoms with Gasteiger partial charge in [0.1, 0.15) is 0 Å². The summed E-state index contributed by atoms with van der Waals surface area (Å²) in [7, 11) is 0. The number of rotatable bonds is 5. The Bertz CT molecular complexity index is 69.7. The molecule has 62 valence electrons. The average Bonchev–Trinajstić information content (AvgIpc) is 1.99. The summed E-state index contributed by atoms with van der Waals surface area (Å²) in [4.78, 5) is 0. The van der Waals surface area contributed by atoms with Crippen molar-refractivity contribution in [2.75, 3.05) is 13.1 Å². The van der Waals surface area contributed by atoms with Crippen molar-refractivity contribution >= 4 is 0 Å². The fourth-order valence-corrected chi connectivity index (χ4v) is 1.09. The topological polar surface area (TPSA) is 52.0 Å². The molecule has 0 aliphatic rings. The van der Waals surface area contributed by atoms with Crippen molar-refractivity contribution in [1.29, 1.82) is 0 Å². The number of nitrogens with two attached hydrogens (primary N) is 2. The van der Waals surface area contributed by atoms with Gasteiger partial charge in [0.25, 0.3) is 0 Å². The maximum absolute atomic E-state index is 5.55. The smallest absolute Gasteiger partial charge is 0.00489 e. The van der Waals surface area contributed by atoms with Crippen molar-refractivity contribution in [2.24, 2.45) is 23.3 Å². The first-order chi connectivity index (χ1) is 4.74. The molecule has 4 N–H and O–H groups in total. The van der Waals surface area contributed by atoms with Crippen molar-refractivity contribution in [1.82, 2.24) is 0 Å². The SMILES string of the molecule is CCC(CN)C[C@H](C)CN. The first-order valence-corrected chi connectivity index (χ1v) is 4.14. The van der Waals surface area contributed by atoms with Gasteiger partial charge in [-0.15, -0.1) is 0 Å². The van der Waals surface area contributed by atoms with Crippen LogP contribution in [0.1, 0.15) is 26.7 Å². The van der Waals surface area contributed by atoms with Gasteiger partial charge >= 0.3 is 0 Å². The van der Waals surface area contributed by atoms with E-state index in [0.29, 0.717) is 11.8 Å². The predicted octanol–water partition coefficient (Wildman–Crippen LogP) is 0.956. The van der Waals surface area contributed by atoms with Crippen LogP contribution in [0.5, 0.6) is 0 Å². The molecular weight excluding hydrogens is 124 g/mol. The van der Waals surface area contributed by atoms with E-state index in [0.717, 1.165) is 13.1 Å². The molecule has 0 aromatic rings. The third kappa shape index (κ3) is 3.85. The van der Waals surface area contributed by atoms with Gasteiger partial charge in [0.15, 0.2) is 0 Å². The van der Waals surface area contributed by atoms with E-state index in [-0.39, 0.29) is 0 Å². The maximum Gasteiger partial charge on any atom is -0.00489 e. The molecule has 0 rings (SSSR count). The summed E-state index contributed by atoms with van der Waals surface area (Å²) in [5, 5.41) is 0. The Hall–Kier alpha value is -0.0800. The Balaban J connectivity index is 3.41. The predicted molar refractivity (Wildman–Crippen MR) is 45.7 cm³/mol. The Morgan fingerprint density at radius 1 is 1.20 bits per heavy atom. The minimum atomic E-state index is 0.633. The quantitative estimate of drug-likeness (QED) is 0.603. The van der Waals surface area contributed by atoms with Crippen molar-refractivity contribution in [3.05, 3.63) is 0 Å². The highest BCUT2D eigenvalue weighted by atomic mass is 14.6.